The highest BCUT2D eigenvalue weighted by atomic mass is 16.3. The molecule has 2 heterocycles. The van der Waals surface area contributed by atoms with Crippen molar-refractivity contribution in [3.8, 4) is 11.1 Å². The molecule has 1 atom stereocenters. The van der Waals surface area contributed by atoms with Crippen molar-refractivity contribution in [2.75, 3.05) is 19.6 Å². The largest absolute Gasteiger partial charge is 0.390 e. The summed E-state index contributed by atoms with van der Waals surface area (Å²) in [6, 6.07) is 17.5. The molecule has 1 unspecified atom stereocenters. The Morgan fingerprint density at radius 1 is 1.09 bits per heavy atom. The SMILES string of the molecule is Cc1ccc(-c2cc(C(=O)NCc3ccc(C)nc3)cc(C(O)CN3CC(O)C3)c2)cc1. The Bertz CT molecular complexity index is 1070. The van der Waals surface area contributed by atoms with Crippen molar-refractivity contribution in [2.45, 2.75) is 32.6 Å². The molecule has 166 valence electrons. The van der Waals surface area contributed by atoms with Crippen molar-refractivity contribution in [2.24, 2.45) is 0 Å². The first kappa shape index (κ1) is 22.1. The van der Waals surface area contributed by atoms with Crippen LogP contribution in [0.5, 0.6) is 0 Å². The third-order valence-electron chi connectivity index (χ3n) is 5.78. The van der Waals surface area contributed by atoms with E-state index in [0.717, 1.165) is 27.9 Å². The van der Waals surface area contributed by atoms with Gasteiger partial charge >= 0.3 is 0 Å². The summed E-state index contributed by atoms with van der Waals surface area (Å²) in [6.07, 6.45) is 0.689. The molecule has 0 saturated carbocycles. The summed E-state index contributed by atoms with van der Waals surface area (Å²) in [6.45, 7) is 5.88. The van der Waals surface area contributed by atoms with Gasteiger partial charge in [-0.05, 0) is 60.4 Å². The molecule has 1 fully saturated rings. The first-order chi connectivity index (χ1) is 15.4. The highest BCUT2D eigenvalue weighted by Crippen LogP contribution is 2.27. The van der Waals surface area contributed by atoms with E-state index in [1.165, 1.54) is 0 Å². The van der Waals surface area contributed by atoms with Gasteiger partial charge in [-0.15, -0.1) is 0 Å². The van der Waals surface area contributed by atoms with Gasteiger partial charge in [-0.3, -0.25) is 14.7 Å². The van der Waals surface area contributed by atoms with Gasteiger partial charge < -0.3 is 15.5 Å². The molecule has 0 radical (unpaired) electrons. The molecule has 6 heteroatoms. The molecule has 4 rings (SSSR count). The van der Waals surface area contributed by atoms with E-state index in [1.54, 1.807) is 12.3 Å². The lowest BCUT2D eigenvalue weighted by Gasteiger charge is -2.37. The van der Waals surface area contributed by atoms with Gasteiger partial charge in [0.15, 0.2) is 0 Å². The Hall–Kier alpha value is -3.06. The van der Waals surface area contributed by atoms with Gasteiger partial charge in [-0.2, -0.15) is 0 Å². The Balaban J connectivity index is 1.57. The van der Waals surface area contributed by atoms with Crippen LogP contribution in [0.2, 0.25) is 0 Å². The van der Waals surface area contributed by atoms with Gasteiger partial charge in [-0.25, -0.2) is 0 Å². The van der Waals surface area contributed by atoms with Crippen LogP contribution in [0.1, 0.15) is 38.8 Å². The zero-order chi connectivity index (χ0) is 22.7. The van der Waals surface area contributed by atoms with Gasteiger partial charge in [0, 0.05) is 43.6 Å². The molecule has 3 aromatic rings. The fourth-order valence-electron chi connectivity index (χ4n) is 3.82. The van der Waals surface area contributed by atoms with E-state index in [2.05, 4.69) is 10.3 Å². The Morgan fingerprint density at radius 3 is 2.50 bits per heavy atom. The number of aromatic nitrogens is 1. The highest BCUT2D eigenvalue weighted by molar-refractivity contribution is 5.95. The lowest BCUT2D eigenvalue weighted by Crippen LogP contribution is -2.51. The zero-order valence-corrected chi connectivity index (χ0v) is 18.5. The number of carbonyl (C=O) groups is 1. The predicted octanol–water partition coefficient (Wildman–Crippen LogP) is 3.01. The molecule has 1 aliphatic rings. The third-order valence-corrected chi connectivity index (χ3v) is 5.78. The standard InChI is InChI=1S/C26H29N3O3/c1-17-3-7-20(8-4-17)21-9-22(25(31)16-29-14-24(30)15-29)11-23(10-21)26(32)28-13-19-6-5-18(2)27-12-19/h3-12,24-25,30-31H,13-16H2,1-2H3,(H,28,32). The second kappa shape index (κ2) is 9.61. The van der Waals surface area contributed by atoms with Crippen LogP contribution in [-0.4, -0.2) is 51.7 Å². The number of pyridine rings is 1. The number of aryl methyl sites for hydroxylation is 2. The number of nitrogens with one attached hydrogen (secondary N) is 1. The second-order valence-corrected chi connectivity index (χ2v) is 8.59. The summed E-state index contributed by atoms with van der Waals surface area (Å²) in [7, 11) is 0. The van der Waals surface area contributed by atoms with E-state index in [9.17, 15) is 15.0 Å². The summed E-state index contributed by atoms with van der Waals surface area (Å²) in [5, 5.41) is 23.3. The molecule has 0 spiro atoms. The maximum atomic E-state index is 13.0. The van der Waals surface area contributed by atoms with Crippen molar-refractivity contribution in [1.82, 2.24) is 15.2 Å². The zero-order valence-electron chi connectivity index (χ0n) is 18.5. The maximum Gasteiger partial charge on any atom is 0.251 e. The molecule has 2 aromatic carbocycles. The molecular weight excluding hydrogens is 402 g/mol. The Morgan fingerprint density at radius 2 is 1.84 bits per heavy atom. The summed E-state index contributed by atoms with van der Waals surface area (Å²) in [4.78, 5) is 19.2. The van der Waals surface area contributed by atoms with Crippen LogP contribution in [0, 0.1) is 13.8 Å². The summed E-state index contributed by atoms with van der Waals surface area (Å²) < 4.78 is 0. The fourth-order valence-corrected chi connectivity index (χ4v) is 3.82. The van der Waals surface area contributed by atoms with Crippen molar-refractivity contribution in [3.05, 3.63) is 88.7 Å². The number of benzene rings is 2. The minimum absolute atomic E-state index is 0.202. The minimum atomic E-state index is -0.749. The van der Waals surface area contributed by atoms with Crippen molar-refractivity contribution in [1.29, 1.82) is 0 Å². The number of aliphatic hydroxyl groups is 2. The molecule has 1 saturated heterocycles. The van der Waals surface area contributed by atoms with Gasteiger partial charge in [0.25, 0.3) is 5.91 Å². The summed E-state index contributed by atoms with van der Waals surface area (Å²) >= 11 is 0. The van der Waals surface area contributed by atoms with Crippen LogP contribution in [0.3, 0.4) is 0 Å². The predicted molar refractivity (Wildman–Crippen MR) is 124 cm³/mol. The maximum absolute atomic E-state index is 13.0. The van der Waals surface area contributed by atoms with Gasteiger partial charge in [-0.1, -0.05) is 35.9 Å². The van der Waals surface area contributed by atoms with Crippen molar-refractivity contribution in [3.63, 3.8) is 0 Å². The Labute approximate surface area is 188 Å². The van der Waals surface area contributed by atoms with Gasteiger partial charge in [0.1, 0.15) is 0 Å². The summed E-state index contributed by atoms with van der Waals surface area (Å²) in [5.41, 5.74) is 6.07. The topological polar surface area (TPSA) is 85.7 Å². The molecule has 3 N–H and O–H groups in total. The van der Waals surface area contributed by atoms with Crippen molar-refractivity contribution < 1.29 is 15.0 Å². The number of hydrogen-bond acceptors (Lipinski definition) is 5. The van der Waals surface area contributed by atoms with E-state index in [0.29, 0.717) is 37.3 Å². The van der Waals surface area contributed by atoms with Crippen LogP contribution >= 0.6 is 0 Å². The summed E-state index contributed by atoms with van der Waals surface area (Å²) in [5.74, 6) is -0.202. The molecule has 1 aromatic heterocycles. The molecule has 32 heavy (non-hydrogen) atoms. The molecule has 0 aliphatic carbocycles. The van der Waals surface area contributed by atoms with Crippen LogP contribution in [-0.2, 0) is 6.54 Å². The number of β-amino-alcohol motifs (C(OH)–C–C–N with tert-alkyl or cyclic N) is 2. The molecule has 0 bridgehead atoms. The fraction of sp³-hybridized carbons (Fsp3) is 0.308. The average molecular weight is 432 g/mol. The number of amides is 1. The van der Waals surface area contributed by atoms with E-state index in [-0.39, 0.29) is 12.0 Å². The normalized spacial score (nSPS) is 15.2. The average Bonchev–Trinajstić information content (AvgIpc) is 2.77. The third kappa shape index (κ3) is 5.40. The number of likely N-dealkylation sites (tertiary alicyclic amines) is 1. The van der Waals surface area contributed by atoms with Crippen LogP contribution in [0.25, 0.3) is 11.1 Å². The van der Waals surface area contributed by atoms with E-state index >= 15 is 0 Å². The first-order valence-electron chi connectivity index (χ1n) is 10.9. The van der Waals surface area contributed by atoms with Crippen molar-refractivity contribution >= 4 is 5.91 Å². The van der Waals surface area contributed by atoms with Crippen LogP contribution < -0.4 is 5.32 Å². The second-order valence-electron chi connectivity index (χ2n) is 8.59. The monoisotopic (exact) mass is 431 g/mol. The van der Waals surface area contributed by atoms with E-state index in [1.807, 2.05) is 67.3 Å². The van der Waals surface area contributed by atoms with E-state index in [4.69, 9.17) is 0 Å². The molecule has 6 nitrogen and oxygen atoms in total. The van der Waals surface area contributed by atoms with Gasteiger partial charge in [0.2, 0.25) is 0 Å². The molecular formula is C26H29N3O3. The highest BCUT2D eigenvalue weighted by Gasteiger charge is 2.27. The number of rotatable bonds is 7. The number of nitrogens with zero attached hydrogens (tertiary/aromatic N) is 2. The van der Waals surface area contributed by atoms with E-state index < -0.39 is 6.10 Å². The van der Waals surface area contributed by atoms with Gasteiger partial charge in [0.05, 0.1) is 12.2 Å². The molecule has 1 aliphatic heterocycles. The molecule has 1 amide bonds. The number of aliphatic hydroxyl groups excluding tert-OH is 2. The van der Waals surface area contributed by atoms with Crippen LogP contribution in [0.15, 0.2) is 60.8 Å². The number of hydrogen-bond donors (Lipinski definition) is 3. The quantitative estimate of drug-likeness (QED) is 0.536. The minimum Gasteiger partial charge on any atom is -0.390 e. The lowest BCUT2D eigenvalue weighted by atomic mass is 9.96. The lowest BCUT2D eigenvalue weighted by molar-refractivity contribution is -0.0222. The first-order valence-corrected chi connectivity index (χ1v) is 10.9. The Kier molecular flexibility index (Phi) is 6.65. The smallest absolute Gasteiger partial charge is 0.251 e. The number of carbonyl (C=O) groups excluding carboxylic acids is 1. The van der Waals surface area contributed by atoms with Crippen LogP contribution in [0.4, 0.5) is 0 Å².